The largest absolute Gasteiger partial charge is 0.481 e. The Hall–Kier alpha value is -1.45. The van der Waals surface area contributed by atoms with Crippen molar-refractivity contribution >= 4 is 5.97 Å². The average Bonchev–Trinajstić information content (AvgIpc) is 2.39. The van der Waals surface area contributed by atoms with Crippen molar-refractivity contribution in [2.45, 2.75) is 38.5 Å². The normalized spacial score (nSPS) is 28.9. The van der Waals surface area contributed by atoms with Crippen LogP contribution in [0.4, 0.5) is 0 Å². The molecule has 0 saturated heterocycles. The summed E-state index contributed by atoms with van der Waals surface area (Å²) < 4.78 is 0. The van der Waals surface area contributed by atoms with Crippen LogP contribution in [-0.2, 0) is 4.79 Å². The monoisotopic (exact) mass is 234 g/mol. The number of rotatable bonds is 3. The van der Waals surface area contributed by atoms with Crippen LogP contribution in [0.2, 0.25) is 0 Å². The van der Waals surface area contributed by atoms with Crippen molar-refractivity contribution in [3.05, 3.63) is 24.3 Å². The highest BCUT2D eigenvalue weighted by molar-refractivity contribution is 5.71. The van der Waals surface area contributed by atoms with Crippen molar-refractivity contribution in [1.29, 1.82) is 0 Å². The van der Waals surface area contributed by atoms with E-state index in [1.807, 2.05) is 0 Å². The molecule has 1 aliphatic carbocycles. The standard InChI is InChI=1S/C13H18N2O2/c1-2-9-3-4-10(13(16)17)11(7-9)12-8-14-5-6-15-12/h5-6,8-11H,2-4,7H2,1H3,(H,16,17). The summed E-state index contributed by atoms with van der Waals surface area (Å²) in [4.78, 5) is 19.6. The van der Waals surface area contributed by atoms with Gasteiger partial charge < -0.3 is 5.11 Å². The molecule has 1 saturated carbocycles. The molecule has 1 N–H and O–H groups in total. The molecule has 3 atom stereocenters. The number of carboxylic acids is 1. The van der Waals surface area contributed by atoms with Gasteiger partial charge in [0.25, 0.3) is 0 Å². The maximum atomic E-state index is 11.3. The maximum Gasteiger partial charge on any atom is 0.307 e. The molecule has 92 valence electrons. The Morgan fingerprint density at radius 1 is 1.47 bits per heavy atom. The number of carbonyl (C=O) groups is 1. The summed E-state index contributed by atoms with van der Waals surface area (Å²) in [5.74, 6) is -0.345. The van der Waals surface area contributed by atoms with E-state index in [4.69, 9.17) is 0 Å². The van der Waals surface area contributed by atoms with E-state index in [9.17, 15) is 9.90 Å². The number of carboxylic acid groups (broad SMARTS) is 1. The van der Waals surface area contributed by atoms with Gasteiger partial charge in [0, 0.05) is 24.5 Å². The third-order valence-electron chi connectivity index (χ3n) is 3.82. The van der Waals surface area contributed by atoms with Crippen LogP contribution in [-0.4, -0.2) is 21.0 Å². The number of hydrogen-bond donors (Lipinski definition) is 1. The van der Waals surface area contributed by atoms with Crippen LogP contribution in [0.1, 0.15) is 44.2 Å². The zero-order valence-corrected chi connectivity index (χ0v) is 10.0. The van der Waals surface area contributed by atoms with Gasteiger partial charge in [0.2, 0.25) is 0 Å². The van der Waals surface area contributed by atoms with E-state index in [0.29, 0.717) is 5.92 Å². The SMILES string of the molecule is CCC1CCC(C(=O)O)C(c2cnccn2)C1. The Balaban J connectivity index is 2.22. The topological polar surface area (TPSA) is 63.1 Å². The Morgan fingerprint density at radius 2 is 2.29 bits per heavy atom. The predicted octanol–water partition coefficient (Wildman–Crippen LogP) is 2.47. The van der Waals surface area contributed by atoms with E-state index in [2.05, 4.69) is 16.9 Å². The first-order chi connectivity index (χ1) is 8.22. The molecule has 0 aromatic carbocycles. The number of aromatic nitrogens is 2. The second-order valence-electron chi connectivity index (χ2n) is 4.77. The van der Waals surface area contributed by atoms with Gasteiger partial charge in [-0.1, -0.05) is 13.3 Å². The lowest BCUT2D eigenvalue weighted by atomic mass is 9.72. The summed E-state index contributed by atoms with van der Waals surface area (Å²) in [6.07, 6.45) is 8.79. The molecule has 1 aromatic rings. The highest BCUT2D eigenvalue weighted by Gasteiger charge is 2.36. The molecule has 1 aliphatic rings. The number of nitrogens with zero attached hydrogens (tertiary/aromatic N) is 2. The van der Waals surface area contributed by atoms with Crippen LogP contribution in [0.5, 0.6) is 0 Å². The first-order valence-electron chi connectivity index (χ1n) is 6.21. The van der Waals surface area contributed by atoms with Gasteiger partial charge >= 0.3 is 5.97 Å². The number of hydrogen-bond acceptors (Lipinski definition) is 3. The van der Waals surface area contributed by atoms with E-state index in [0.717, 1.165) is 31.4 Å². The zero-order chi connectivity index (χ0) is 12.3. The Morgan fingerprint density at radius 3 is 2.88 bits per heavy atom. The fourth-order valence-electron chi connectivity index (χ4n) is 2.75. The first-order valence-corrected chi connectivity index (χ1v) is 6.21. The third kappa shape index (κ3) is 2.62. The van der Waals surface area contributed by atoms with Gasteiger partial charge in [-0.2, -0.15) is 0 Å². The highest BCUT2D eigenvalue weighted by Crippen LogP contribution is 2.40. The van der Waals surface area contributed by atoms with E-state index in [1.165, 1.54) is 0 Å². The van der Waals surface area contributed by atoms with Gasteiger partial charge in [-0.05, 0) is 25.2 Å². The molecule has 0 aliphatic heterocycles. The molecule has 2 rings (SSSR count). The van der Waals surface area contributed by atoms with Crippen LogP contribution in [0.3, 0.4) is 0 Å². The van der Waals surface area contributed by atoms with Gasteiger partial charge in [-0.3, -0.25) is 14.8 Å². The van der Waals surface area contributed by atoms with Crippen molar-refractivity contribution in [2.75, 3.05) is 0 Å². The second kappa shape index (κ2) is 5.25. The third-order valence-corrected chi connectivity index (χ3v) is 3.82. The van der Waals surface area contributed by atoms with Crippen LogP contribution < -0.4 is 0 Å². The van der Waals surface area contributed by atoms with Crippen molar-refractivity contribution in [3.8, 4) is 0 Å². The molecule has 17 heavy (non-hydrogen) atoms. The van der Waals surface area contributed by atoms with Gasteiger partial charge in [0.1, 0.15) is 0 Å². The van der Waals surface area contributed by atoms with Crippen LogP contribution in [0, 0.1) is 11.8 Å². The van der Waals surface area contributed by atoms with E-state index in [-0.39, 0.29) is 11.8 Å². The Bertz CT molecular complexity index is 380. The lowest BCUT2D eigenvalue weighted by molar-refractivity contribution is -0.144. The van der Waals surface area contributed by atoms with Gasteiger partial charge in [-0.15, -0.1) is 0 Å². The van der Waals surface area contributed by atoms with Crippen LogP contribution >= 0.6 is 0 Å². The highest BCUT2D eigenvalue weighted by atomic mass is 16.4. The van der Waals surface area contributed by atoms with Gasteiger partial charge in [-0.25, -0.2) is 0 Å². The quantitative estimate of drug-likeness (QED) is 0.872. The lowest BCUT2D eigenvalue weighted by Gasteiger charge is -2.32. The summed E-state index contributed by atoms with van der Waals surface area (Å²) in [7, 11) is 0. The average molecular weight is 234 g/mol. The molecule has 0 spiro atoms. The summed E-state index contributed by atoms with van der Waals surface area (Å²) >= 11 is 0. The molecule has 0 amide bonds. The summed E-state index contributed by atoms with van der Waals surface area (Å²) in [6.45, 7) is 2.17. The van der Waals surface area contributed by atoms with E-state index >= 15 is 0 Å². The molecular weight excluding hydrogens is 216 g/mol. The molecule has 1 heterocycles. The van der Waals surface area contributed by atoms with Gasteiger partial charge in [0.15, 0.2) is 0 Å². The fourth-order valence-corrected chi connectivity index (χ4v) is 2.75. The molecule has 3 unspecified atom stereocenters. The van der Waals surface area contributed by atoms with E-state index < -0.39 is 5.97 Å². The second-order valence-corrected chi connectivity index (χ2v) is 4.77. The smallest absolute Gasteiger partial charge is 0.307 e. The first kappa shape index (κ1) is 12.0. The van der Waals surface area contributed by atoms with Crippen molar-refractivity contribution in [2.24, 2.45) is 11.8 Å². The molecule has 0 radical (unpaired) electrons. The predicted molar refractivity (Wildman–Crippen MR) is 63.5 cm³/mol. The molecular formula is C13H18N2O2. The summed E-state index contributed by atoms with van der Waals surface area (Å²) in [5, 5.41) is 9.28. The van der Waals surface area contributed by atoms with E-state index in [1.54, 1.807) is 18.6 Å². The Labute approximate surface area is 101 Å². The molecule has 0 bridgehead atoms. The lowest BCUT2D eigenvalue weighted by Crippen LogP contribution is -2.29. The summed E-state index contributed by atoms with van der Waals surface area (Å²) in [6, 6.07) is 0. The zero-order valence-electron chi connectivity index (χ0n) is 10.0. The summed E-state index contributed by atoms with van der Waals surface area (Å²) in [5.41, 5.74) is 0.832. The van der Waals surface area contributed by atoms with Gasteiger partial charge in [0.05, 0.1) is 11.6 Å². The molecule has 1 fully saturated rings. The molecule has 4 heteroatoms. The number of aliphatic carboxylic acids is 1. The molecule has 1 aromatic heterocycles. The van der Waals surface area contributed by atoms with Crippen LogP contribution in [0.25, 0.3) is 0 Å². The minimum Gasteiger partial charge on any atom is -0.481 e. The van der Waals surface area contributed by atoms with Crippen molar-refractivity contribution in [3.63, 3.8) is 0 Å². The molecule has 4 nitrogen and oxygen atoms in total. The Kier molecular flexibility index (Phi) is 3.71. The minimum absolute atomic E-state index is 0.0277. The van der Waals surface area contributed by atoms with Crippen LogP contribution in [0.15, 0.2) is 18.6 Å². The minimum atomic E-state index is -0.699. The maximum absolute atomic E-state index is 11.3. The van der Waals surface area contributed by atoms with Crippen molar-refractivity contribution in [1.82, 2.24) is 9.97 Å². The fraction of sp³-hybridized carbons (Fsp3) is 0.615. The van der Waals surface area contributed by atoms with Crippen molar-refractivity contribution < 1.29 is 9.90 Å².